The number of nitrogens with two attached hydrogens (primary N) is 4. The van der Waals surface area contributed by atoms with Gasteiger partial charge in [0.25, 0.3) is 11.8 Å². The molecule has 0 bridgehead atoms. The molecule has 0 saturated heterocycles. The van der Waals surface area contributed by atoms with E-state index < -0.39 is 35.6 Å². The van der Waals surface area contributed by atoms with Crippen molar-refractivity contribution in [3.05, 3.63) is 46.0 Å². The number of aliphatic carboxylic acids is 1. The third-order valence-electron chi connectivity index (χ3n) is 13.8. The van der Waals surface area contributed by atoms with Crippen molar-refractivity contribution in [2.24, 2.45) is 79.3 Å². The Labute approximate surface area is 323 Å². The quantitative estimate of drug-likeness (QED) is 0.0826. The molecule has 1 aromatic carbocycles. The van der Waals surface area contributed by atoms with Crippen LogP contribution in [0.3, 0.4) is 0 Å². The lowest BCUT2D eigenvalue weighted by Gasteiger charge is -2.64. The van der Waals surface area contributed by atoms with Crippen molar-refractivity contribution in [2.75, 3.05) is 0 Å². The monoisotopic (exact) mass is 758 g/mol. The summed E-state index contributed by atoms with van der Waals surface area (Å²) in [5.74, 6) is 4.08. The molecule has 298 valence electrons. The fourth-order valence-corrected chi connectivity index (χ4v) is 10.9. The maximum atomic E-state index is 12.6. The van der Waals surface area contributed by atoms with Crippen molar-refractivity contribution in [1.29, 1.82) is 0 Å². The van der Waals surface area contributed by atoms with Gasteiger partial charge in [-0.25, -0.2) is 0 Å². The molecule has 2 amide bonds. The second kappa shape index (κ2) is 15.9. The van der Waals surface area contributed by atoms with Gasteiger partial charge in [0.05, 0.1) is 12.2 Å². The molecule has 0 heterocycles. The number of carboxylic acid groups (broad SMARTS) is 1. The predicted molar refractivity (Wildman–Crippen MR) is 211 cm³/mol. The largest absolute Gasteiger partial charge is 0.481 e. The molecule has 2 unspecified atom stereocenters. The number of guanidine groups is 2. The zero-order valence-electron chi connectivity index (χ0n) is 32.6. The van der Waals surface area contributed by atoms with Crippen molar-refractivity contribution in [1.82, 2.24) is 0 Å². The van der Waals surface area contributed by atoms with Crippen LogP contribution in [-0.2, 0) is 14.4 Å². The molecule has 4 aliphatic rings. The van der Waals surface area contributed by atoms with Crippen LogP contribution in [0, 0.1) is 58.2 Å². The van der Waals surface area contributed by atoms with E-state index in [0.717, 1.165) is 12.8 Å². The van der Waals surface area contributed by atoms with Gasteiger partial charge in [-0.15, -0.1) is 0 Å². The predicted octanol–water partition coefficient (Wildman–Crippen LogP) is 3.28. The van der Waals surface area contributed by atoms with Crippen LogP contribution in [0.2, 0.25) is 0 Å². The number of aliphatic hydroxyl groups excluding tert-OH is 2. The van der Waals surface area contributed by atoms with Crippen molar-refractivity contribution < 1.29 is 34.8 Å². The summed E-state index contributed by atoms with van der Waals surface area (Å²) in [7, 11) is 0. The van der Waals surface area contributed by atoms with Gasteiger partial charge < -0.3 is 43.4 Å². The summed E-state index contributed by atoms with van der Waals surface area (Å²) in [5.41, 5.74) is 21.8. The van der Waals surface area contributed by atoms with Crippen molar-refractivity contribution in [3.8, 4) is 11.8 Å². The highest BCUT2D eigenvalue weighted by Gasteiger charge is 2.66. The smallest absolute Gasteiger partial charge is 0.303 e. The standard InChI is InChI=1S/C42H58N6O7/c1-22(6-11-34(51)52)29-9-10-30-35-31(20-33(50)41(29,30)5)40(4)14-15-42(55,21-28(40)19-32(35)49)13-12-25-7-8-26(16-23(2)36(53)47-38(43)44)27(18-25)17-24(3)37(54)48-39(45)46/h7-8,16-18,22,28-33,35,49-50,55H,6,9-11,14-15,19-21H2,1-5H3,(H,51,52)(H4,43,44,47,53)(H4,45,46,48,54)/t22?,28-,29?,30+,31+,32-,33+,35+,40+,41-,42-/m1/s1. The van der Waals surface area contributed by atoms with Crippen LogP contribution >= 0.6 is 0 Å². The molecule has 13 heteroatoms. The number of aliphatic hydroxyl groups is 3. The second-order valence-corrected chi connectivity index (χ2v) is 17.2. The van der Waals surface area contributed by atoms with E-state index >= 15 is 0 Å². The Balaban J connectivity index is 1.40. The molecule has 0 spiro atoms. The lowest BCUT2D eigenvalue weighted by molar-refractivity contribution is -0.211. The molecular weight excluding hydrogens is 700 g/mol. The second-order valence-electron chi connectivity index (χ2n) is 17.2. The highest BCUT2D eigenvalue weighted by molar-refractivity contribution is 6.05. The molecule has 5 rings (SSSR count). The minimum absolute atomic E-state index is 0.0130. The fraction of sp³-hybridized carbons (Fsp3) is 0.595. The van der Waals surface area contributed by atoms with Crippen LogP contribution in [0.5, 0.6) is 0 Å². The van der Waals surface area contributed by atoms with Crippen LogP contribution in [0.25, 0.3) is 12.2 Å². The molecule has 4 saturated carbocycles. The van der Waals surface area contributed by atoms with Crippen LogP contribution in [-0.4, -0.2) is 67.9 Å². The van der Waals surface area contributed by atoms with Gasteiger partial charge in [-0.3, -0.25) is 14.4 Å². The summed E-state index contributed by atoms with van der Waals surface area (Å²) in [6.45, 7) is 9.67. The number of hydrogen-bond donors (Lipinski definition) is 8. The number of rotatable bonds is 8. The van der Waals surface area contributed by atoms with E-state index in [1.54, 1.807) is 44.2 Å². The lowest BCUT2D eigenvalue weighted by atomic mass is 9.42. The van der Waals surface area contributed by atoms with Crippen molar-refractivity contribution >= 4 is 41.9 Å². The first-order chi connectivity index (χ1) is 25.7. The number of benzene rings is 1. The molecule has 13 nitrogen and oxygen atoms in total. The Hall–Kier alpha value is -4.51. The van der Waals surface area contributed by atoms with Crippen LogP contribution in [0.4, 0.5) is 0 Å². The molecule has 0 aromatic heterocycles. The van der Waals surface area contributed by atoms with Gasteiger partial charge >= 0.3 is 5.97 Å². The third-order valence-corrected chi connectivity index (χ3v) is 13.8. The molecule has 0 aliphatic heterocycles. The number of aliphatic imine (C=N–C) groups is 2. The lowest BCUT2D eigenvalue weighted by Crippen LogP contribution is -2.63. The molecular formula is C42H58N6O7. The van der Waals surface area contributed by atoms with Crippen LogP contribution in [0.15, 0.2) is 39.3 Å². The highest BCUT2D eigenvalue weighted by atomic mass is 16.4. The summed E-state index contributed by atoms with van der Waals surface area (Å²) < 4.78 is 0. The summed E-state index contributed by atoms with van der Waals surface area (Å²) in [6, 6.07) is 5.24. The molecule has 55 heavy (non-hydrogen) atoms. The summed E-state index contributed by atoms with van der Waals surface area (Å²) in [4.78, 5) is 43.6. The van der Waals surface area contributed by atoms with Crippen LogP contribution < -0.4 is 22.9 Å². The van der Waals surface area contributed by atoms with E-state index in [1.165, 1.54) is 0 Å². The van der Waals surface area contributed by atoms with Gasteiger partial charge in [0.1, 0.15) is 5.60 Å². The zero-order valence-corrected chi connectivity index (χ0v) is 32.6. The summed E-state index contributed by atoms with van der Waals surface area (Å²) in [6.07, 6.45) is 7.17. The zero-order chi connectivity index (χ0) is 40.6. The first kappa shape index (κ1) is 41.6. The number of carbonyl (C=O) groups excluding carboxylic acids is 2. The summed E-state index contributed by atoms with van der Waals surface area (Å²) in [5, 5.41) is 45.0. The first-order valence-electron chi connectivity index (χ1n) is 19.3. The fourth-order valence-electron chi connectivity index (χ4n) is 10.9. The normalized spacial score (nSPS) is 34.8. The molecule has 4 fully saturated rings. The Kier molecular flexibility index (Phi) is 12.1. The third kappa shape index (κ3) is 8.52. The van der Waals surface area contributed by atoms with Gasteiger partial charge in [0.15, 0.2) is 11.9 Å². The Bertz CT molecular complexity index is 1890. The summed E-state index contributed by atoms with van der Waals surface area (Å²) >= 11 is 0. The topological polar surface area (TPSA) is 261 Å². The van der Waals surface area contributed by atoms with E-state index in [4.69, 9.17) is 22.9 Å². The van der Waals surface area contributed by atoms with E-state index in [1.807, 2.05) is 0 Å². The Morgan fingerprint density at radius 2 is 1.55 bits per heavy atom. The Morgan fingerprint density at radius 3 is 2.15 bits per heavy atom. The number of fused-ring (bicyclic) bond motifs is 5. The molecule has 4 aliphatic carbocycles. The molecule has 12 N–H and O–H groups in total. The maximum absolute atomic E-state index is 12.6. The SMILES string of the molecule is CC(=Cc1ccc(C#C[C@@]2(O)CC[C@@]3(C)[C@H](C[C@@H](O)[C@@H]4[C@@H]3C[C@H](O)[C@]3(C)C(C(C)CCC(=O)O)CC[C@@H]43)C2)cc1C=C(C)C(=O)N=C(N)N)C(=O)N=C(N)N. The van der Waals surface area contributed by atoms with Gasteiger partial charge in [-0.2, -0.15) is 9.98 Å². The molecule has 0 radical (unpaired) electrons. The first-order valence-corrected chi connectivity index (χ1v) is 19.3. The van der Waals surface area contributed by atoms with Crippen molar-refractivity contribution in [2.45, 2.75) is 110 Å². The number of nitrogens with zero attached hydrogens (tertiary/aromatic N) is 2. The average molecular weight is 759 g/mol. The van der Waals surface area contributed by atoms with E-state index in [-0.39, 0.29) is 75.8 Å². The Morgan fingerprint density at radius 1 is 0.927 bits per heavy atom. The van der Waals surface area contributed by atoms with Gasteiger partial charge in [0.2, 0.25) is 0 Å². The molecule has 11 atom stereocenters. The number of hydrogen-bond acceptors (Lipinski definition) is 6. The number of amides is 2. The van der Waals surface area contributed by atoms with Gasteiger partial charge in [0, 0.05) is 23.1 Å². The van der Waals surface area contributed by atoms with Crippen molar-refractivity contribution in [3.63, 3.8) is 0 Å². The average Bonchev–Trinajstić information content (AvgIpc) is 3.46. The van der Waals surface area contributed by atoms with Gasteiger partial charge in [-0.05, 0) is 147 Å². The maximum Gasteiger partial charge on any atom is 0.303 e. The number of carbonyl (C=O) groups is 3. The minimum atomic E-state index is -1.31. The highest BCUT2D eigenvalue weighted by Crippen LogP contribution is 2.69. The number of carboxylic acids is 1. The molecule has 1 aromatic rings. The van der Waals surface area contributed by atoms with E-state index in [0.29, 0.717) is 55.2 Å². The van der Waals surface area contributed by atoms with Crippen LogP contribution in [0.1, 0.15) is 109 Å². The van der Waals surface area contributed by atoms with E-state index in [9.17, 15) is 34.8 Å². The minimum Gasteiger partial charge on any atom is -0.481 e. The van der Waals surface area contributed by atoms with E-state index in [2.05, 4.69) is 42.6 Å². The van der Waals surface area contributed by atoms with Gasteiger partial charge in [-0.1, -0.05) is 38.7 Å².